The van der Waals surface area contributed by atoms with E-state index < -0.39 is 0 Å². The molecule has 2 aromatic carbocycles. The number of nitrogens with zero attached hydrogens (tertiary/aromatic N) is 1. The SMILES string of the molecule is Cc1c(Cc2ccc(-c3cnco3)cc2)cc2c(c1C)OCCNC2=O. The van der Waals surface area contributed by atoms with Crippen molar-refractivity contribution in [2.75, 3.05) is 13.2 Å². The Morgan fingerprint density at radius 1 is 1.15 bits per heavy atom. The third-order valence-electron chi connectivity index (χ3n) is 4.89. The Bertz CT molecular complexity index is 944. The van der Waals surface area contributed by atoms with Crippen molar-refractivity contribution in [2.24, 2.45) is 0 Å². The summed E-state index contributed by atoms with van der Waals surface area (Å²) in [6.07, 6.45) is 3.88. The number of hydrogen-bond donors (Lipinski definition) is 1. The van der Waals surface area contributed by atoms with E-state index in [4.69, 9.17) is 9.15 Å². The molecule has 0 atom stereocenters. The van der Waals surface area contributed by atoms with Gasteiger partial charge >= 0.3 is 0 Å². The zero-order valence-corrected chi connectivity index (χ0v) is 14.8. The van der Waals surface area contributed by atoms with E-state index in [0.29, 0.717) is 24.5 Å². The highest BCUT2D eigenvalue weighted by Gasteiger charge is 2.21. The lowest BCUT2D eigenvalue weighted by Gasteiger charge is -2.16. The van der Waals surface area contributed by atoms with E-state index in [-0.39, 0.29) is 5.91 Å². The van der Waals surface area contributed by atoms with E-state index in [0.717, 1.165) is 34.4 Å². The maximum absolute atomic E-state index is 12.3. The largest absolute Gasteiger partial charge is 0.491 e. The molecular weight excluding hydrogens is 328 g/mol. The molecule has 5 nitrogen and oxygen atoms in total. The molecule has 1 aliphatic heterocycles. The van der Waals surface area contributed by atoms with Gasteiger partial charge in [0, 0.05) is 5.56 Å². The first-order chi connectivity index (χ1) is 12.6. The average Bonchev–Trinajstić information content (AvgIpc) is 3.12. The molecule has 0 unspecified atom stereocenters. The standard InChI is InChI=1S/C21H20N2O3/c1-13-14(2)20-18(21(24)23-7-8-25-20)10-17(13)9-15-3-5-16(6-4-15)19-11-22-12-26-19/h3-6,10-12H,7-9H2,1-2H3,(H,23,24). The van der Waals surface area contributed by atoms with Crippen LogP contribution in [0.3, 0.4) is 0 Å². The molecule has 1 amide bonds. The fraction of sp³-hybridized carbons (Fsp3) is 0.238. The molecule has 1 aromatic heterocycles. The predicted octanol–water partition coefficient (Wildman–Crippen LogP) is 3.67. The molecule has 2 heterocycles. The van der Waals surface area contributed by atoms with Gasteiger partial charge in [-0.15, -0.1) is 0 Å². The maximum atomic E-state index is 12.3. The van der Waals surface area contributed by atoms with Crippen LogP contribution in [0, 0.1) is 13.8 Å². The van der Waals surface area contributed by atoms with Crippen molar-refractivity contribution in [3.63, 3.8) is 0 Å². The third kappa shape index (κ3) is 2.96. The van der Waals surface area contributed by atoms with E-state index in [1.54, 1.807) is 6.20 Å². The van der Waals surface area contributed by atoms with Crippen molar-refractivity contribution in [1.82, 2.24) is 10.3 Å². The quantitative estimate of drug-likeness (QED) is 0.784. The summed E-state index contributed by atoms with van der Waals surface area (Å²) in [4.78, 5) is 16.3. The molecule has 0 saturated heterocycles. The first-order valence-electron chi connectivity index (χ1n) is 8.65. The maximum Gasteiger partial charge on any atom is 0.255 e. The second-order valence-electron chi connectivity index (χ2n) is 6.51. The minimum Gasteiger partial charge on any atom is -0.491 e. The molecule has 0 bridgehead atoms. The van der Waals surface area contributed by atoms with Gasteiger partial charge in [0.15, 0.2) is 12.2 Å². The highest BCUT2D eigenvalue weighted by molar-refractivity contribution is 5.98. The van der Waals surface area contributed by atoms with Crippen molar-refractivity contribution in [1.29, 1.82) is 0 Å². The second kappa shape index (κ2) is 6.67. The van der Waals surface area contributed by atoms with Crippen molar-refractivity contribution in [2.45, 2.75) is 20.3 Å². The fourth-order valence-electron chi connectivity index (χ4n) is 3.28. The summed E-state index contributed by atoms with van der Waals surface area (Å²) in [6.45, 7) is 5.13. The van der Waals surface area contributed by atoms with E-state index in [1.165, 1.54) is 12.0 Å². The van der Waals surface area contributed by atoms with Gasteiger partial charge in [-0.2, -0.15) is 0 Å². The van der Waals surface area contributed by atoms with E-state index in [1.807, 2.05) is 25.1 Å². The summed E-state index contributed by atoms with van der Waals surface area (Å²) in [5.41, 5.74) is 6.12. The number of fused-ring (bicyclic) bond motifs is 1. The van der Waals surface area contributed by atoms with E-state index in [9.17, 15) is 4.79 Å². The summed E-state index contributed by atoms with van der Waals surface area (Å²) < 4.78 is 11.1. The molecule has 132 valence electrons. The molecule has 26 heavy (non-hydrogen) atoms. The van der Waals surface area contributed by atoms with E-state index in [2.05, 4.69) is 29.4 Å². The zero-order chi connectivity index (χ0) is 18.1. The van der Waals surface area contributed by atoms with Crippen LogP contribution >= 0.6 is 0 Å². The normalized spacial score (nSPS) is 13.5. The fourth-order valence-corrected chi connectivity index (χ4v) is 3.28. The number of ether oxygens (including phenoxy) is 1. The lowest BCUT2D eigenvalue weighted by Crippen LogP contribution is -2.24. The van der Waals surface area contributed by atoms with Crippen LogP contribution in [0.4, 0.5) is 0 Å². The van der Waals surface area contributed by atoms with Crippen molar-refractivity contribution >= 4 is 5.91 Å². The lowest BCUT2D eigenvalue weighted by molar-refractivity contribution is 0.0957. The van der Waals surface area contributed by atoms with Crippen LogP contribution in [-0.2, 0) is 6.42 Å². The highest BCUT2D eigenvalue weighted by Crippen LogP contribution is 2.32. The summed E-state index contributed by atoms with van der Waals surface area (Å²) in [5.74, 6) is 1.40. The number of benzene rings is 2. The number of aromatic nitrogens is 1. The number of rotatable bonds is 3. The van der Waals surface area contributed by atoms with Crippen LogP contribution in [0.5, 0.6) is 5.75 Å². The predicted molar refractivity (Wildman–Crippen MR) is 98.5 cm³/mol. The summed E-state index contributed by atoms with van der Waals surface area (Å²) in [5, 5.41) is 2.88. The monoisotopic (exact) mass is 348 g/mol. The molecule has 0 spiro atoms. The van der Waals surface area contributed by atoms with Crippen LogP contribution < -0.4 is 10.1 Å². The summed E-state index contributed by atoms with van der Waals surface area (Å²) in [7, 11) is 0. The van der Waals surface area contributed by atoms with Gasteiger partial charge in [0.2, 0.25) is 0 Å². The Morgan fingerprint density at radius 3 is 2.69 bits per heavy atom. The van der Waals surface area contributed by atoms with Gasteiger partial charge in [-0.25, -0.2) is 4.98 Å². The Morgan fingerprint density at radius 2 is 1.96 bits per heavy atom. The number of carbonyl (C=O) groups is 1. The second-order valence-corrected chi connectivity index (χ2v) is 6.51. The zero-order valence-electron chi connectivity index (χ0n) is 14.8. The van der Waals surface area contributed by atoms with Crippen LogP contribution in [0.1, 0.15) is 32.6 Å². The molecule has 4 rings (SSSR count). The number of nitrogens with one attached hydrogen (secondary N) is 1. The average molecular weight is 348 g/mol. The summed E-state index contributed by atoms with van der Waals surface area (Å²) >= 11 is 0. The van der Waals surface area contributed by atoms with Crippen molar-refractivity contribution < 1.29 is 13.9 Å². The Hall–Kier alpha value is -3.08. The van der Waals surface area contributed by atoms with Crippen molar-refractivity contribution in [3.05, 3.63) is 70.7 Å². The molecule has 0 aliphatic carbocycles. The van der Waals surface area contributed by atoms with Crippen LogP contribution in [-0.4, -0.2) is 24.0 Å². The van der Waals surface area contributed by atoms with Crippen LogP contribution in [0.15, 0.2) is 47.3 Å². The topological polar surface area (TPSA) is 64.4 Å². The summed E-state index contributed by atoms with van der Waals surface area (Å²) in [6, 6.07) is 10.2. The minimum absolute atomic E-state index is 0.0671. The number of hydrogen-bond acceptors (Lipinski definition) is 4. The van der Waals surface area contributed by atoms with Gasteiger partial charge in [0.1, 0.15) is 12.4 Å². The van der Waals surface area contributed by atoms with Gasteiger partial charge in [-0.3, -0.25) is 4.79 Å². The highest BCUT2D eigenvalue weighted by atomic mass is 16.5. The first-order valence-corrected chi connectivity index (χ1v) is 8.65. The number of oxazole rings is 1. The van der Waals surface area contributed by atoms with Gasteiger partial charge in [0.05, 0.1) is 18.3 Å². The molecule has 0 saturated carbocycles. The molecular formula is C21H20N2O3. The van der Waals surface area contributed by atoms with Gasteiger partial charge in [-0.1, -0.05) is 24.3 Å². The Kier molecular flexibility index (Phi) is 4.21. The van der Waals surface area contributed by atoms with Crippen LogP contribution in [0.25, 0.3) is 11.3 Å². The molecule has 0 radical (unpaired) electrons. The van der Waals surface area contributed by atoms with Gasteiger partial charge in [-0.05, 0) is 48.6 Å². The Balaban J connectivity index is 1.66. The van der Waals surface area contributed by atoms with Crippen molar-refractivity contribution in [3.8, 4) is 17.1 Å². The Labute approximate surface area is 152 Å². The smallest absolute Gasteiger partial charge is 0.255 e. The number of amides is 1. The van der Waals surface area contributed by atoms with Gasteiger partial charge in [0.25, 0.3) is 5.91 Å². The molecule has 1 aliphatic rings. The lowest BCUT2D eigenvalue weighted by atomic mass is 9.93. The third-order valence-corrected chi connectivity index (χ3v) is 4.89. The van der Waals surface area contributed by atoms with E-state index >= 15 is 0 Å². The number of carbonyl (C=O) groups excluding carboxylic acids is 1. The molecule has 1 N–H and O–H groups in total. The van der Waals surface area contributed by atoms with Gasteiger partial charge < -0.3 is 14.5 Å². The minimum atomic E-state index is -0.0671. The molecule has 0 fully saturated rings. The van der Waals surface area contributed by atoms with Crippen LogP contribution in [0.2, 0.25) is 0 Å². The first kappa shape index (κ1) is 16.4. The molecule has 5 heteroatoms. The molecule has 3 aromatic rings.